The van der Waals surface area contributed by atoms with Gasteiger partial charge in [0.15, 0.2) is 0 Å². The average molecular weight is 222 g/mol. The zero-order valence-corrected chi connectivity index (χ0v) is 8.93. The first-order valence-corrected chi connectivity index (χ1v) is 5.47. The van der Waals surface area contributed by atoms with E-state index in [9.17, 15) is 4.39 Å². The number of hydrogen-bond acceptors (Lipinski definition) is 3. The minimum atomic E-state index is -0.205. The van der Waals surface area contributed by atoms with Crippen LogP contribution in [0.1, 0.15) is 15.4 Å². The topological polar surface area (TPSA) is 38.9 Å². The monoisotopic (exact) mass is 222 g/mol. The SMILES string of the molecule is NCc1cnc(Cc2cccc(F)c2)s1. The van der Waals surface area contributed by atoms with Gasteiger partial charge in [-0.25, -0.2) is 9.37 Å². The fourth-order valence-corrected chi connectivity index (χ4v) is 2.18. The summed E-state index contributed by atoms with van der Waals surface area (Å²) in [6.45, 7) is 0.515. The van der Waals surface area contributed by atoms with E-state index < -0.39 is 0 Å². The molecule has 2 aromatic rings. The molecule has 78 valence electrons. The summed E-state index contributed by atoms with van der Waals surface area (Å²) in [7, 11) is 0. The summed E-state index contributed by atoms with van der Waals surface area (Å²) in [4.78, 5) is 5.28. The molecule has 0 saturated carbocycles. The molecule has 0 bridgehead atoms. The van der Waals surface area contributed by atoms with Crippen molar-refractivity contribution in [2.75, 3.05) is 0 Å². The van der Waals surface area contributed by atoms with Gasteiger partial charge in [-0.15, -0.1) is 11.3 Å². The summed E-state index contributed by atoms with van der Waals surface area (Å²) in [6.07, 6.45) is 2.45. The Labute approximate surface area is 91.6 Å². The summed E-state index contributed by atoms with van der Waals surface area (Å²) in [5, 5.41) is 0.973. The van der Waals surface area contributed by atoms with Crippen LogP contribution in [0.25, 0.3) is 0 Å². The highest BCUT2D eigenvalue weighted by Gasteiger charge is 2.02. The van der Waals surface area contributed by atoms with Crippen LogP contribution in [-0.2, 0) is 13.0 Å². The predicted molar refractivity (Wildman–Crippen MR) is 59.2 cm³/mol. The normalized spacial score (nSPS) is 10.5. The van der Waals surface area contributed by atoms with Crippen LogP contribution in [0.4, 0.5) is 4.39 Å². The van der Waals surface area contributed by atoms with Crippen LogP contribution in [0.3, 0.4) is 0 Å². The van der Waals surface area contributed by atoms with Crippen LogP contribution in [0.15, 0.2) is 30.5 Å². The molecule has 0 radical (unpaired) electrons. The standard InChI is InChI=1S/C11H11FN2S/c12-9-3-1-2-8(4-9)5-11-14-7-10(6-13)15-11/h1-4,7H,5-6,13H2. The minimum absolute atomic E-state index is 0.205. The number of nitrogens with two attached hydrogens (primary N) is 1. The molecule has 0 fully saturated rings. The third-order valence-electron chi connectivity index (χ3n) is 2.05. The second-order valence-corrected chi connectivity index (χ2v) is 4.43. The Morgan fingerprint density at radius 2 is 2.27 bits per heavy atom. The molecular weight excluding hydrogens is 211 g/mol. The molecule has 0 aliphatic carbocycles. The van der Waals surface area contributed by atoms with Gasteiger partial charge in [-0.3, -0.25) is 0 Å². The van der Waals surface area contributed by atoms with E-state index in [1.54, 1.807) is 23.6 Å². The van der Waals surface area contributed by atoms with E-state index in [4.69, 9.17) is 5.73 Å². The summed E-state index contributed by atoms with van der Waals surface area (Å²) in [5.41, 5.74) is 6.43. The Bertz CT molecular complexity index is 453. The molecule has 15 heavy (non-hydrogen) atoms. The highest BCUT2D eigenvalue weighted by molar-refractivity contribution is 7.11. The quantitative estimate of drug-likeness (QED) is 0.865. The van der Waals surface area contributed by atoms with Gasteiger partial charge in [0, 0.05) is 24.0 Å². The molecule has 2 N–H and O–H groups in total. The van der Waals surface area contributed by atoms with Crippen LogP contribution >= 0.6 is 11.3 Å². The van der Waals surface area contributed by atoms with Gasteiger partial charge in [-0.05, 0) is 17.7 Å². The predicted octanol–water partition coefficient (Wildman–Crippen LogP) is 2.33. The Morgan fingerprint density at radius 1 is 1.40 bits per heavy atom. The van der Waals surface area contributed by atoms with Crippen molar-refractivity contribution in [1.82, 2.24) is 4.98 Å². The number of nitrogens with zero attached hydrogens (tertiary/aromatic N) is 1. The first-order chi connectivity index (χ1) is 7.28. The second-order valence-electron chi connectivity index (χ2n) is 3.23. The minimum Gasteiger partial charge on any atom is -0.326 e. The maximum absolute atomic E-state index is 12.9. The van der Waals surface area contributed by atoms with Crippen molar-refractivity contribution in [3.63, 3.8) is 0 Å². The highest BCUT2D eigenvalue weighted by atomic mass is 32.1. The molecular formula is C11H11FN2S. The molecule has 4 heteroatoms. The fraction of sp³-hybridized carbons (Fsp3) is 0.182. The molecule has 1 heterocycles. The molecule has 2 nitrogen and oxygen atoms in total. The van der Waals surface area contributed by atoms with Crippen molar-refractivity contribution in [3.05, 3.63) is 51.7 Å². The summed E-state index contributed by atoms with van der Waals surface area (Å²) in [5.74, 6) is -0.205. The van der Waals surface area contributed by atoms with Gasteiger partial charge in [0.2, 0.25) is 0 Å². The number of thiazole rings is 1. The van der Waals surface area contributed by atoms with E-state index in [0.717, 1.165) is 15.4 Å². The summed E-state index contributed by atoms with van der Waals surface area (Å²) in [6, 6.07) is 6.58. The van der Waals surface area contributed by atoms with Crippen molar-refractivity contribution in [2.45, 2.75) is 13.0 Å². The van der Waals surface area contributed by atoms with E-state index in [-0.39, 0.29) is 5.82 Å². The van der Waals surface area contributed by atoms with Gasteiger partial charge in [0.25, 0.3) is 0 Å². The largest absolute Gasteiger partial charge is 0.326 e. The van der Waals surface area contributed by atoms with Gasteiger partial charge >= 0.3 is 0 Å². The fourth-order valence-electron chi connectivity index (χ4n) is 1.35. The van der Waals surface area contributed by atoms with Gasteiger partial charge in [0.05, 0.1) is 5.01 Å². The summed E-state index contributed by atoms with van der Waals surface area (Å²) < 4.78 is 12.9. The van der Waals surface area contributed by atoms with Crippen molar-refractivity contribution in [3.8, 4) is 0 Å². The Kier molecular flexibility index (Phi) is 3.08. The molecule has 0 amide bonds. The zero-order chi connectivity index (χ0) is 10.7. The summed E-state index contributed by atoms with van der Waals surface area (Å²) >= 11 is 1.58. The van der Waals surface area contributed by atoms with Crippen LogP contribution in [0, 0.1) is 5.82 Å². The number of hydrogen-bond donors (Lipinski definition) is 1. The lowest BCUT2D eigenvalue weighted by atomic mass is 10.1. The third kappa shape index (κ3) is 2.61. The van der Waals surface area contributed by atoms with Crippen molar-refractivity contribution in [2.24, 2.45) is 5.73 Å². The van der Waals surface area contributed by atoms with E-state index in [1.807, 2.05) is 6.07 Å². The number of halogens is 1. The first-order valence-electron chi connectivity index (χ1n) is 4.66. The van der Waals surface area contributed by atoms with Gasteiger partial charge in [-0.2, -0.15) is 0 Å². The number of aromatic nitrogens is 1. The van der Waals surface area contributed by atoms with Crippen LogP contribution in [0.5, 0.6) is 0 Å². The van der Waals surface area contributed by atoms with Crippen molar-refractivity contribution < 1.29 is 4.39 Å². The van der Waals surface area contributed by atoms with Crippen LogP contribution in [0.2, 0.25) is 0 Å². The Balaban J connectivity index is 2.14. The lowest BCUT2D eigenvalue weighted by Gasteiger charge is -1.97. The van der Waals surface area contributed by atoms with Gasteiger partial charge < -0.3 is 5.73 Å². The molecule has 2 rings (SSSR count). The van der Waals surface area contributed by atoms with Crippen LogP contribution in [-0.4, -0.2) is 4.98 Å². The molecule has 0 saturated heterocycles. The van der Waals surface area contributed by atoms with Gasteiger partial charge in [0.1, 0.15) is 5.82 Å². The van der Waals surface area contributed by atoms with E-state index in [1.165, 1.54) is 12.1 Å². The van der Waals surface area contributed by atoms with E-state index in [2.05, 4.69) is 4.98 Å². The van der Waals surface area contributed by atoms with Gasteiger partial charge in [-0.1, -0.05) is 12.1 Å². The molecule has 1 aromatic carbocycles. The molecule has 0 aliphatic heterocycles. The van der Waals surface area contributed by atoms with Crippen LogP contribution < -0.4 is 5.73 Å². The van der Waals surface area contributed by atoms with E-state index in [0.29, 0.717) is 13.0 Å². The molecule has 0 aliphatic rings. The average Bonchev–Trinajstić information content (AvgIpc) is 2.65. The number of rotatable bonds is 3. The van der Waals surface area contributed by atoms with E-state index >= 15 is 0 Å². The Morgan fingerprint density at radius 3 is 2.93 bits per heavy atom. The maximum atomic E-state index is 12.9. The number of benzene rings is 1. The molecule has 0 atom stereocenters. The first kappa shape index (κ1) is 10.3. The highest BCUT2D eigenvalue weighted by Crippen LogP contribution is 2.16. The Hall–Kier alpha value is -1.26. The van der Waals surface area contributed by atoms with Crippen molar-refractivity contribution >= 4 is 11.3 Å². The van der Waals surface area contributed by atoms with Crippen molar-refractivity contribution in [1.29, 1.82) is 0 Å². The third-order valence-corrected chi connectivity index (χ3v) is 3.07. The molecule has 0 spiro atoms. The molecule has 1 aromatic heterocycles. The smallest absolute Gasteiger partial charge is 0.123 e. The lowest BCUT2D eigenvalue weighted by molar-refractivity contribution is 0.626. The lowest BCUT2D eigenvalue weighted by Crippen LogP contribution is -1.91. The zero-order valence-electron chi connectivity index (χ0n) is 8.11. The maximum Gasteiger partial charge on any atom is 0.123 e. The second kappa shape index (κ2) is 4.51. The molecule has 0 unspecified atom stereocenters.